The van der Waals surface area contributed by atoms with Gasteiger partial charge in [0, 0.05) is 18.9 Å². The molecule has 3 heterocycles. The third-order valence-electron chi connectivity index (χ3n) is 4.34. The van der Waals surface area contributed by atoms with Crippen LogP contribution < -0.4 is 15.0 Å². The van der Waals surface area contributed by atoms with Gasteiger partial charge < -0.3 is 14.0 Å². The first-order valence-electron chi connectivity index (χ1n) is 8.10. The molecule has 0 saturated carbocycles. The van der Waals surface area contributed by atoms with Crippen LogP contribution in [0.3, 0.4) is 0 Å². The number of aromatic nitrogens is 5. The fourth-order valence-corrected chi connectivity index (χ4v) is 2.97. The Balaban J connectivity index is 1.64. The number of methoxy groups -OCH3 is 2. The molecule has 0 radical (unpaired) electrons. The summed E-state index contributed by atoms with van der Waals surface area (Å²) >= 11 is 0. The molecule has 0 atom stereocenters. The molecular formula is C18H17N5O3. The summed E-state index contributed by atoms with van der Waals surface area (Å²) in [4.78, 5) is 21.0. The van der Waals surface area contributed by atoms with Gasteiger partial charge >= 0.3 is 0 Å². The first-order chi connectivity index (χ1) is 12.7. The molecule has 4 aromatic rings. The van der Waals surface area contributed by atoms with Crippen molar-refractivity contribution in [3.8, 4) is 11.5 Å². The van der Waals surface area contributed by atoms with Gasteiger partial charge in [0.15, 0.2) is 11.5 Å². The number of nitrogens with zero attached hydrogens (tertiary/aromatic N) is 5. The summed E-state index contributed by atoms with van der Waals surface area (Å²) in [6.07, 6.45) is 5.43. The molecule has 4 rings (SSSR count). The van der Waals surface area contributed by atoms with Crippen LogP contribution in [0.5, 0.6) is 11.5 Å². The van der Waals surface area contributed by atoms with E-state index in [4.69, 9.17) is 9.47 Å². The first-order valence-corrected chi connectivity index (χ1v) is 8.10. The molecule has 0 unspecified atom stereocenters. The molecule has 8 heteroatoms. The summed E-state index contributed by atoms with van der Waals surface area (Å²) in [5.41, 5.74) is 1.65. The van der Waals surface area contributed by atoms with Crippen LogP contribution in [0, 0.1) is 0 Å². The lowest BCUT2D eigenvalue weighted by Crippen LogP contribution is -2.21. The largest absolute Gasteiger partial charge is 0.493 e. The molecule has 0 N–H and O–H groups in total. The zero-order chi connectivity index (χ0) is 18.1. The molecule has 0 aliphatic carbocycles. The van der Waals surface area contributed by atoms with Crippen molar-refractivity contribution in [3.63, 3.8) is 0 Å². The molecule has 0 saturated heterocycles. The van der Waals surface area contributed by atoms with Crippen molar-refractivity contribution in [2.75, 3.05) is 14.2 Å². The van der Waals surface area contributed by atoms with Crippen molar-refractivity contribution in [2.24, 2.45) is 0 Å². The summed E-state index contributed by atoms with van der Waals surface area (Å²) < 4.78 is 13.8. The van der Waals surface area contributed by atoms with E-state index >= 15 is 0 Å². The lowest BCUT2D eigenvalue weighted by atomic mass is 10.1. The van der Waals surface area contributed by atoms with Gasteiger partial charge in [-0.3, -0.25) is 4.79 Å². The van der Waals surface area contributed by atoms with Crippen molar-refractivity contribution < 1.29 is 9.47 Å². The van der Waals surface area contributed by atoms with Crippen LogP contribution >= 0.6 is 0 Å². The van der Waals surface area contributed by atoms with Crippen LogP contribution in [0.2, 0.25) is 0 Å². The Bertz CT molecular complexity index is 1150. The Kier molecular flexibility index (Phi) is 4.00. The topological polar surface area (TPSA) is 83.5 Å². The molecule has 0 spiro atoms. The van der Waals surface area contributed by atoms with E-state index in [9.17, 15) is 4.79 Å². The van der Waals surface area contributed by atoms with Crippen LogP contribution in [-0.4, -0.2) is 38.4 Å². The Labute approximate surface area is 148 Å². The Morgan fingerprint density at radius 2 is 1.92 bits per heavy atom. The van der Waals surface area contributed by atoms with E-state index in [0.717, 1.165) is 5.56 Å². The van der Waals surface area contributed by atoms with Crippen LogP contribution in [0.25, 0.3) is 16.7 Å². The fraction of sp³-hybridized carbons (Fsp3) is 0.222. The van der Waals surface area contributed by atoms with Gasteiger partial charge in [-0.05, 0) is 30.2 Å². The smallest absolute Gasteiger partial charge is 0.261 e. The molecule has 0 aliphatic rings. The number of benzene rings is 1. The molecule has 132 valence electrons. The van der Waals surface area contributed by atoms with Gasteiger partial charge in [-0.15, -0.1) is 0 Å². The van der Waals surface area contributed by atoms with Crippen LogP contribution in [0.1, 0.15) is 5.56 Å². The maximum Gasteiger partial charge on any atom is 0.261 e. The van der Waals surface area contributed by atoms with Gasteiger partial charge in [-0.1, -0.05) is 6.07 Å². The minimum Gasteiger partial charge on any atom is -0.493 e. The van der Waals surface area contributed by atoms with Crippen LogP contribution in [0.15, 0.2) is 47.8 Å². The molecule has 0 amide bonds. The first kappa shape index (κ1) is 16.1. The molecule has 26 heavy (non-hydrogen) atoms. The van der Waals surface area contributed by atoms with Crippen LogP contribution in [-0.2, 0) is 13.0 Å². The number of pyridine rings is 1. The molecule has 0 aliphatic heterocycles. The highest BCUT2D eigenvalue weighted by Crippen LogP contribution is 2.27. The van der Waals surface area contributed by atoms with E-state index in [1.54, 1.807) is 35.7 Å². The lowest BCUT2D eigenvalue weighted by Gasteiger charge is -2.11. The van der Waals surface area contributed by atoms with E-state index in [0.29, 0.717) is 41.1 Å². The number of hydrogen-bond donors (Lipinski definition) is 0. The number of ether oxygens (including phenoxy) is 2. The number of rotatable bonds is 5. The van der Waals surface area contributed by atoms with Crippen molar-refractivity contribution in [3.05, 3.63) is 58.9 Å². The van der Waals surface area contributed by atoms with Crippen molar-refractivity contribution in [1.29, 1.82) is 0 Å². The van der Waals surface area contributed by atoms with E-state index in [1.165, 1.54) is 6.33 Å². The van der Waals surface area contributed by atoms with E-state index in [1.807, 2.05) is 24.3 Å². The van der Waals surface area contributed by atoms with Crippen molar-refractivity contribution in [1.82, 2.24) is 24.1 Å². The second kappa shape index (κ2) is 6.47. The predicted molar refractivity (Wildman–Crippen MR) is 95.8 cm³/mol. The molecular weight excluding hydrogens is 334 g/mol. The number of aryl methyl sites for hydroxylation is 2. The standard InChI is InChI=1S/C18H17N5O3/c1-25-15-4-3-12(9-16(15)26-2)5-7-22-8-6-14-13(17(22)24)10-19-18-20-11-21-23(14)18/h3-4,6,8-11H,5,7H2,1-2H3. The van der Waals surface area contributed by atoms with E-state index in [2.05, 4.69) is 15.1 Å². The number of fused-ring (bicyclic) bond motifs is 3. The maximum absolute atomic E-state index is 12.8. The van der Waals surface area contributed by atoms with Gasteiger partial charge in [0.05, 0.1) is 25.1 Å². The normalized spacial score (nSPS) is 11.2. The minimum absolute atomic E-state index is 0.104. The Hall–Kier alpha value is -3.42. The molecule has 1 aromatic carbocycles. The van der Waals surface area contributed by atoms with Gasteiger partial charge in [0.1, 0.15) is 6.33 Å². The van der Waals surface area contributed by atoms with Crippen molar-refractivity contribution >= 4 is 16.7 Å². The fourth-order valence-electron chi connectivity index (χ4n) is 2.97. The quantitative estimate of drug-likeness (QED) is 0.544. The van der Waals surface area contributed by atoms with E-state index < -0.39 is 0 Å². The van der Waals surface area contributed by atoms with Gasteiger partial charge in [0.25, 0.3) is 11.3 Å². The molecule has 0 fully saturated rings. The Morgan fingerprint density at radius 1 is 1.08 bits per heavy atom. The average Bonchev–Trinajstić information content (AvgIpc) is 3.16. The lowest BCUT2D eigenvalue weighted by molar-refractivity contribution is 0.354. The molecule has 8 nitrogen and oxygen atoms in total. The zero-order valence-electron chi connectivity index (χ0n) is 14.4. The highest BCUT2D eigenvalue weighted by Gasteiger charge is 2.09. The maximum atomic E-state index is 12.8. The highest BCUT2D eigenvalue weighted by atomic mass is 16.5. The monoisotopic (exact) mass is 351 g/mol. The molecule has 3 aromatic heterocycles. The van der Waals surface area contributed by atoms with Gasteiger partial charge in [-0.2, -0.15) is 14.6 Å². The summed E-state index contributed by atoms with van der Waals surface area (Å²) in [5.74, 6) is 1.83. The third kappa shape index (κ3) is 2.65. The second-order valence-electron chi connectivity index (χ2n) is 5.78. The second-order valence-corrected chi connectivity index (χ2v) is 5.78. The number of hydrogen-bond acceptors (Lipinski definition) is 6. The Morgan fingerprint density at radius 3 is 2.73 bits per heavy atom. The summed E-state index contributed by atoms with van der Waals surface area (Å²) in [5, 5.41) is 4.63. The summed E-state index contributed by atoms with van der Waals surface area (Å²) in [6, 6.07) is 7.61. The average molecular weight is 351 g/mol. The highest BCUT2D eigenvalue weighted by molar-refractivity contribution is 5.78. The van der Waals surface area contributed by atoms with Gasteiger partial charge in [-0.25, -0.2) is 4.98 Å². The van der Waals surface area contributed by atoms with E-state index in [-0.39, 0.29) is 5.56 Å². The SMILES string of the molecule is COc1ccc(CCn2ccc3c(cnc4ncnn43)c2=O)cc1OC. The summed E-state index contributed by atoms with van der Waals surface area (Å²) in [7, 11) is 3.21. The predicted octanol–water partition coefficient (Wildman–Crippen LogP) is 1.70. The van der Waals surface area contributed by atoms with Crippen LogP contribution in [0.4, 0.5) is 0 Å². The van der Waals surface area contributed by atoms with Gasteiger partial charge in [0.2, 0.25) is 0 Å². The zero-order valence-corrected chi connectivity index (χ0v) is 14.4. The minimum atomic E-state index is -0.104. The summed E-state index contributed by atoms with van der Waals surface area (Å²) in [6.45, 7) is 0.541. The third-order valence-corrected chi connectivity index (χ3v) is 4.34. The molecule has 0 bridgehead atoms. The van der Waals surface area contributed by atoms with Crippen molar-refractivity contribution in [2.45, 2.75) is 13.0 Å².